The van der Waals surface area contributed by atoms with E-state index in [9.17, 15) is 4.79 Å². The highest BCUT2D eigenvalue weighted by Gasteiger charge is 2.11. The second-order valence-electron chi connectivity index (χ2n) is 5.04. The lowest BCUT2D eigenvalue weighted by molar-refractivity contribution is 0.419. The van der Waals surface area contributed by atoms with Crippen molar-refractivity contribution >= 4 is 10.8 Å². The molecule has 0 aliphatic rings. The zero-order valence-electron chi connectivity index (χ0n) is 12.0. The normalized spacial score (nSPS) is 10.8. The number of fused-ring (bicyclic) bond motifs is 1. The zero-order chi connectivity index (χ0) is 14.8. The summed E-state index contributed by atoms with van der Waals surface area (Å²) in [5, 5.41) is 8.16. The number of benzene rings is 2. The van der Waals surface area contributed by atoms with Crippen LogP contribution in [0.15, 0.2) is 47.3 Å². The fourth-order valence-corrected chi connectivity index (χ4v) is 2.45. The van der Waals surface area contributed by atoms with E-state index in [1.807, 2.05) is 12.1 Å². The smallest absolute Gasteiger partial charge is 0.272 e. The van der Waals surface area contributed by atoms with E-state index in [1.165, 1.54) is 5.56 Å². The number of H-pyrrole nitrogens is 1. The fraction of sp³-hybridized carbons (Fsp3) is 0.176. The molecule has 0 fully saturated rings. The van der Waals surface area contributed by atoms with Crippen LogP contribution in [-0.4, -0.2) is 17.3 Å². The summed E-state index contributed by atoms with van der Waals surface area (Å²) >= 11 is 0. The number of aromatic amines is 1. The number of hydrogen-bond acceptors (Lipinski definition) is 3. The molecule has 3 aromatic rings. The third-order valence-electron chi connectivity index (χ3n) is 3.56. The van der Waals surface area contributed by atoms with Crippen LogP contribution in [0.25, 0.3) is 10.8 Å². The van der Waals surface area contributed by atoms with Crippen molar-refractivity contribution < 1.29 is 4.74 Å². The summed E-state index contributed by atoms with van der Waals surface area (Å²) in [5.74, 6) is 0.674. The van der Waals surface area contributed by atoms with E-state index in [0.29, 0.717) is 17.6 Å². The number of hydrogen-bond donors (Lipinski definition) is 1. The first-order valence-electron chi connectivity index (χ1n) is 6.79. The van der Waals surface area contributed by atoms with Gasteiger partial charge in [-0.25, -0.2) is 5.10 Å². The SMILES string of the molecule is COc1cccc2c(=O)[nH]nc(Cc3ccc(C)cc3)c12. The summed E-state index contributed by atoms with van der Waals surface area (Å²) in [6.07, 6.45) is 0.647. The Kier molecular flexibility index (Phi) is 3.44. The number of methoxy groups -OCH3 is 1. The number of nitrogens with zero attached hydrogens (tertiary/aromatic N) is 1. The van der Waals surface area contributed by atoms with Crippen LogP contribution in [0.3, 0.4) is 0 Å². The van der Waals surface area contributed by atoms with Crippen molar-refractivity contribution in [3.63, 3.8) is 0 Å². The maximum absolute atomic E-state index is 11.9. The second kappa shape index (κ2) is 5.40. The molecule has 21 heavy (non-hydrogen) atoms. The first kappa shape index (κ1) is 13.4. The van der Waals surface area contributed by atoms with Gasteiger partial charge in [0.05, 0.1) is 23.6 Å². The largest absolute Gasteiger partial charge is 0.496 e. The topological polar surface area (TPSA) is 55.0 Å². The molecule has 4 heteroatoms. The van der Waals surface area contributed by atoms with Gasteiger partial charge in [0, 0.05) is 6.42 Å². The van der Waals surface area contributed by atoms with Gasteiger partial charge in [0.2, 0.25) is 0 Å². The standard InChI is InChI=1S/C17H16N2O2/c1-11-6-8-12(9-7-11)10-14-16-13(17(20)19-18-14)4-3-5-15(16)21-2/h3-9H,10H2,1-2H3,(H,19,20). The van der Waals surface area contributed by atoms with Gasteiger partial charge in [-0.2, -0.15) is 5.10 Å². The highest BCUT2D eigenvalue weighted by molar-refractivity contribution is 5.89. The number of ether oxygens (including phenoxy) is 1. The summed E-state index contributed by atoms with van der Waals surface area (Å²) in [4.78, 5) is 11.9. The van der Waals surface area contributed by atoms with Crippen molar-refractivity contribution in [2.75, 3.05) is 7.11 Å². The molecule has 0 amide bonds. The fourth-order valence-electron chi connectivity index (χ4n) is 2.45. The lowest BCUT2D eigenvalue weighted by Gasteiger charge is -2.09. The highest BCUT2D eigenvalue weighted by atomic mass is 16.5. The monoisotopic (exact) mass is 280 g/mol. The van der Waals surface area contributed by atoms with Crippen molar-refractivity contribution in [3.05, 3.63) is 69.6 Å². The van der Waals surface area contributed by atoms with Gasteiger partial charge in [0.1, 0.15) is 5.75 Å². The first-order chi connectivity index (χ1) is 10.2. The lowest BCUT2D eigenvalue weighted by atomic mass is 10.0. The molecule has 0 saturated heterocycles. The van der Waals surface area contributed by atoms with E-state index < -0.39 is 0 Å². The van der Waals surface area contributed by atoms with Crippen LogP contribution in [0, 0.1) is 6.92 Å². The maximum Gasteiger partial charge on any atom is 0.272 e. The molecule has 3 rings (SSSR count). The van der Waals surface area contributed by atoms with E-state index >= 15 is 0 Å². The third-order valence-corrected chi connectivity index (χ3v) is 3.56. The molecular weight excluding hydrogens is 264 g/mol. The molecule has 106 valence electrons. The number of nitrogens with one attached hydrogen (secondary N) is 1. The van der Waals surface area contributed by atoms with Crippen LogP contribution < -0.4 is 10.3 Å². The molecule has 0 bridgehead atoms. The van der Waals surface area contributed by atoms with Gasteiger partial charge >= 0.3 is 0 Å². The molecule has 4 nitrogen and oxygen atoms in total. The van der Waals surface area contributed by atoms with Gasteiger partial charge < -0.3 is 4.74 Å². The van der Waals surface area contributed by atoms with Crippen LogP contribution in [0.2, 0.25) is 0 Å². The summed E-state index contributed by atoms with van der Waals surface area (Å²) in [5.41, 5.74) is 2.98. The van der Waals surface area contributed by atoms with Crippen LogP contribution in [-0.2, 0) is 6.42 Å². The van der Waals surface area contributed by atoms with Gasteiger partial charge in [0.15, 0.2) is 0 Å². The van der Waals surface area contributed by atoms with Crippen LogP contribution in [0.1, 0.15) is 16.8 Å². The molecule has 0 aliphatic heterocycles. The van der Waals surface area contributed by atoms with Crippen molar-refractivity contribution in [2.45, 2.75) is 13.3 Å². The minimum absolute atomic E-state index is 0.198. The van der Waals surface area contributed by atoms with Crippen LogP contribution in [0.4, 0.5) is 0 Å². The number of aromatic nitrogens is 2. The van der Waals surface area contributed by atoms with Gasteiger partial charge in [-0.3, -0.25) is 4.79 Å². The maximum atomic E-state index is 11.9. The molecule has 0 aliphatic carbocycles. The minimum atomic E-state index is -0.198. The Labute approximate surface area is 122 Å². The van der Waals surface area contributed by atoms with Crippen molar-refractivity contribution in [3.8, 4) is 5.75 Å². The Morgan fingerprint density at radius 1 is 1.14 bits per heavy atom. The Hall–Kier alpha value is -2.62. The average Bonchev–Trinajstić information content (AvgIpc) is 2.51. The zero-order valence-corrected chi connectivity index (χ0v) is 12.0. The molecule has 0 saturated carbocycles. The number of rotatable bonds is 3. The Bertz CT molecular complexity index is 836. The molecule has 1 N–H and O–H groups in total. The molecule has 1 heterocycles. The molecule has 0 spiro atoms. The van der Waals surface area contributed by atoms with Gasteiger partial charge in [-0.1, -0.05) is 35.9 Å². The third kappa shape index (κ3) is 2.52. The predicted molar refractivity (Wildman–Crippen MR) is 82.9 cm³/mol. The summed E-state index contributed by atoms with van der Waals surface area (Å²) < 4.78 is 5.39. The van der Waals surface area contributed by atoms with E-state index in [4.69, 9.17) is 4.74 Å². The molecular formula is C17H16N2O2. The molecule has 2 aromatic carbocycles. The Morgan fingerprint density at radius 3 is 2.62 bits per heavy atom. The Morgan fingerprint density at radius 2 is 1.90 bits per heavy atom. The average molecular weight is 280 g/mol. The summed E-state index contributed by atoms with van der Waals surface area (Å²) in [6, 6.07) is 13.7. The van der Waals surface area contributed by atoms with Crippen molar-refractivity contribution in [1.29, 1.82) is 0 Å². The quantitative estimate of drug-likeness (QED) is 0.802. The van der Waals surface area contributed by atoms with E-state index in [0.717, 1.165) is 16.6 Å². The lowest BCUT2D eigenvalue weighted by Crippen LogP contribution is -2.12. The Balaban J connectivity index is 2.16. The molecule has 0 unspecified atom stereocenters. The summed E-state index contributed by atoms with van der Waals surface area (Å²) in [6.45, 7) is 2.06. The molecule has 0 atom stereocenters. The minimum Gasteiger partial charge on any atom is -0.496 e. The number of aryl methyl sites for hydroxylation is 1. The van der Waals surface area contributed by atoms with Gasteiger partial charge in [0.25, 0.3) is 5.56 Å². The van der Waals surface area contributed by atoms with Crippen molar-refractivity contribution in [2.24, 2.45) is 0 Å². The molecule has 1 aromatic heterocycles. The van der Waals surface area contributed by atoms with Gasteiger partial charge in [-0.15, -0.1) is 0 Å². The van der Waals surface area contributed by atoms with Crippen LogP contribution >= 0.6 is 0 Å². The predicted octanol–water partition coefficient (Wildman–Crippen LogP) is 2.83. The van der Waals surface area contributed by atoms with Crippen molar-refractivity contribution in [1.82, 2.24) is 10.2 Å². The van der Waals surface area contributed by atoms with E-state index in [2.05, 4.69) is 41.4 Å². The second-order valence-corrected chi connectivity index (χ2v) is 5.04. The highest BCUT2D eigenvalue weighted by Crippen LogP contribution is 2.26. The summed E-state index contributed by atoms with van der Waals surface area (Å²) in [7, 11) is 1.60. The van der Waals surface area contributed by atoms with Gasteiger partial charge in [-0.05, 0) is 24.6 Å². The van der Waals surface area contributed by atoms with E-state index in [-0.39, 0.29) is 5.56 Å². The van der Waals surface area contributed by atoms with E-state index in [1.54, 1.807) is 13.2 Å². The molecule has 0 radical (unpaired) electrons. The first-order valence-corrected chi connectivity index (χ1v) is 6.79. The van der Waals surface area contributed by atoms with Crippen LogP contribution in [0.5, 0.6) is 5.75 Å².